The van der Waals surface area contributed by atoms with Crippen LogP contribution < -0.4 is 5.43 Å². The monoisotopic (exact) mass is 641 g/mol. The van der Waals surface area contributed by atoms with Crippen molar-refractivity contribution < 1.29 is 33.9 Å². The van der Waals surface area contributed by atoms with Gasteiger partial charge in [0, 0.05) is 16.5 Å². The van der Waals surface area contributed by atoms with Crippen LogP contribution in [-0.4, -0.2) is 44.0 Å². The molecule has 46 heavy (non-hydrogen) atoms. The van der Waals surface area contributed by atoms with Gasteiger partial charge in [-0.2, -0.15) is 10.1 Å². The number of aromatic hydroxyl groups is 1. The largest absolute Gasteiger partial charge is 0.507 e. The van der Waals surface area contributed by atoms with E-state index in [4.69, 9.17) is 11.6 Å². The van der Waals surface area contributed by atoms with Gasteiger partial charge in [0.25, 0.3) is 23.6 Å². The fourth-order valence-corrected chi connectivity index (χ4v) is 8.27. The summed E-state index contributed by atoms with van der Waals surface area (Å²) in [6.07, 6.45) is 3.93. The Kier molecular flexibility index (Phi) is 7.10. The van der Waals surface area contributed by atoms with Crippen molar-refractivity contribution in [3.05, 3.63) is 119 Å². The summed E-state index contributed by atoms with van der Waals surface area (Å²) in [6.45, 7) is 3.79. The maximum absolute atomic E-state index is 15.0. The highest BCUT2D eigenvalue weighted by molar-refractivity contribution is 6.30. The van der Waals surface area contributed by atoms with Crippen molar-refractivity contribution in [1.29, 1.82) is 0 Å². The summed E-state index contributed by atoms with van der Waals surface area (Å²) in [4.78, 5) is 55.8. The van der Waals surface area contributed by atoms with Gasteiger partial charge in [0.2, 0.25) is 0 Å². The topological polar surface area (TPSA) is 127 Å². The SMILES string of the molecule is C=CCc1cccc(C2C3=CCC4C(=O)N(O)C(=O)C4C3CC3C(=O)N(Nc4ccc(F)cc4)C(=O)C32c2ccc(Cl)cc2)c1O. The first-order chi connectivity index (χ1) is 22.1. The summed E-state index contributed by atoms with van der Waals surface area (Å²) in [7, 11) is 0. The van der Waals surface area contributed by atoms with Crippen LogP contribution in [0.25, 0.3) is 0 Å². The van der Waals surface area contributed by atoms with Crippen molar-refractivity contribution in [3.8, 4) is 5.75 Å². The normalized spacial score (nSPS) is 28.5. The van der Waals surface area contributed by atoms with Gasteiger partial charge in [-0.25, -0.2) is 4.39 Å². The number of carbonyl (C=O) groups is 4. The van der Waals surface area contributed by atoms with E-state index in [0.717, 1.165) is 5.01 Å². The van der Waals surface area contributed by atoms with Crippen LogP contribution in [0.3, 0.4) is 0 Å². The van der Waals surface area contributed by atoms with Gasteiger partial charge < -0.3 is 5.11 Å². The summed E-state index contributed by atoms with van der Waals surface area (Å²) < 4.78 is 13.7. The van der Waals surface area contributed by atoms with Gasteiger partial charge in [0.15, 0.2) is 0 Å². The van der Waals surface area contributed by atoms with Crippen LogP contribution >= 0.6 is 11.6 Å². The Balaban J connectivity index is 1.49. The molecule has 11 heteroatoms. The smallest absolute Gasteiger partial charge is 0.260 e. The zero-order valence-electron chi connectivity index (χ0n) is 24.4. The van der Waals surface area contributed by atoms with Crippen LogP contribution in [-0.2, 0) is 31.0 Å². The maximum Gasteiger partial charge on any atom is 0.260 e. The van der Waals surface area contributed by atoms with E-state index in [1.165, 1.54) is 24.3 Å². The number of fused-ring (bicyclic) bond motifs is 4. The highest BCUT2D eigenvalue weighted by Gasteiger charge is 2.70. The second kappa shape index (κ2) is 10.9. The molecule has 2 heterocycles. The predicted molar refractivity (Wildman–Crippen MR) is 165 cm³/mol. The number of hydrazine groups is 1. The number of hydrogen-bond donors (Lipinski definition) is 3. The number of hydroxylamine groups is 2. The number of halogens is 2. The van der Waals surface area contributed by atoms with E-state index >= 15 is 4.79 Å². The van der Waals surface area contributed by atoms with E-state index in [2.05, 4.69) is 12.0 Å². The lowest BCUT2D eigenvalue weighted by Gasteiger charge is -2.50. The van der Waals surface area contributed by atoms with E-state index in [-0.39, 0.29) is 23.7 Å². The third-order valence-corrected chi connectivity index (χ3v) is 10.3. The quantitative estimate of drug-likeness (QED) is 0.190. The lowest BCUT2D eigenvalue weighted by Crippen LogP contribution is -2.53. The van der Waals surface area contributed by atoms with Crippen LogP contribution in [0.2, 0.25) is 5.02 Å². The zero-order valence-corrected chi connectivity index (χ0v) is 25.2. The predicted octanol–water partition coefficient (Wildman–Crippen LogP) is 5.29. The Labute approximate surface area is 268 Å². The first-order valence-electron chi connectivity index (χ1n) is 14.9. The van der Waals surface area contributed by atoms with E-state index < -0.39 is 64.5 Å². The molecule has 234 valence electrons. The van der Waals surface area contributed by atoms with Gasteiger partial charge in [-0.3, -0.25) is 29.8 Å². The molecule has 0 spiro atoms. The first-order valence-corrected chi connectivity index (χ1v) is 15.3. The number of anilines is 1. The molecule has 2 aliphatic carbocycles. The molecule has 3 N–H and O–H groups in total. The number of imide groups is 2. The van der Waals surface area contributed by atoms with Crippen LogP contribution in [0, 0.1) is 29.5 Å². The molecule has 6 unspecified atom stereocenters. The summed E-state index contributed by atoms with van der Waals surface area (Å²) in [5.74, 6) is -7.74. The number of benzene rings is 3. The average Bonchev–Trinajstić information content (AvgIpc) is 3.40. The number of phenols is 1. The van der Waals surface area contributed by atoms with Gasteiger partial charge in [-0.15, -0.1) is 6.58 Å². The third-order valence-electron chi connectivity index (χ3n) is 10.1. The Morgan fingerprint density at radius 1 is 0.978 bits per heavy atom. The number of carbonyl (C=O) groups excluding carboxylic acids is 4. The van der Waals surface area contributed by atoms with Gasteiger partial charge in [-0.05, 0) is 72.7 Å². The molecule has 0 radical (unpaired) electrons. The van der Waals surface area contributed by atoms with Gasteiger partial charge >= 0.3 is 0 Å². The molecule has 4 aliphatic rings. The molecule has 7 rings (SSSR count). The number of phenolic OH excluding ortho intramolecular Hbond substituents is 1. The molecule has 3 aromatic rings. The molecule has 0 aromatic heterocycles. The zero-order chi connectivity index (χ0) is 32.5. The number of para-hydroxylation sites is 1. The number of rotatable bonds is 6. The van der Waals surface area contributed by atoms with Crippen molar-refractivity contribution in [2.75, 3.05) is 5.43 Å². The Morgan fingerprint density at radius 3 is 2.39 bits per heavy atom. The van der Waals surface area contributed by atoms with Crippen molar-refractivity contribution in [2.45, 2.75) is 30.6 Å². The molecule has 2 aliphatic heterocycles. The van der Waals surface area contributed by atoms with Crippen LogP contribution in [0.15, 0.2) is 91.0 Å². The molecule has 3 fully saturated rings. The fraction of sp³-hybridized carbons (Fsp3) is 0.257. The van der Waals surface area contributed by atoms with Crippen LogP contribution in [0.1, 0.15) is 35.4 Å². The second-order valence-electron chi connectivity index (χ2n) is 12.2. The molecule has 0 bridgehead atoms. The number of allylic oxidation sites excluding steroid dienone is 3. The van der Waals surface area contributed by atoms with E-state index in [9.17, 15) is 29.1 Å². The molecule has 4 amide bonds. The van der Waals surface area contributed by atoms with Gasteiger partial charge in [0.05, 0.1) is 28.9 Å². The number of nitrogens with zero attached hydrogens (tertiary/aromatic N) is 2. The maximum atomic E-state index is 15.0. The molecular weight excluding hydrogens is 613 g/mol. The second-order valence-corrected chi connectivity index (χ2v) is 12.6. The third kappa shape index (κ3) is 4.16. The number of amides is 4. The first kappa shape index (κ1) is 29.9. The molecule has 1 saturated carbocycles. The Hall–Kier alpha value is -4.80. The summed E-state index contributed by atoms with van der Waals surface area (Å²) in [5, 5.41) is 23.6. The van der Waals surface area contributed by atoms with Crippen molar-refractivity contribution in [3.63, 3.8) is 0 Å². The van der Waals surface area contributed by atoms with Crippen molar-refractivity contribution in [1.82, 2.24) is 10.1 Å². The van der Waals surface area contributed by atoms with Crippen LogP contribution in [0.5, 0.6) is 5.75 Å². The summed E-state index contributed by atoms with van der Waals surface area (Å²) in [6, 6.07) is 17.0. The van der Waals surface area contributed by atoms with E-state index in [0.29, 0.717) is 39.4 Å². The van der Waals surface area contributed by atoms with Crippen molar-refractivity contribution >= 4 is 40.9 Å². The Bertz CT molecular complexity index is 1840. The average molecular weight is 642 g/mol. The van der Waals surface area contributed by atoms with Gasteiger partial charge in [0.1, 0.15) is 11.6 Å². The fourth-order valence-electron chi connectivity index (χ4n) is 8.15. The number of hydrogen-bond acceptors (Lipinski definition) is 7. The summed E-state index contributed by atoms with van der Waals surface area (Å²) in [5.41, 5.74) is 3.57. The molecule has 3 aromatic carbocycles. The minimum Gasteiger partial charge on any atom is -0.507 e. The lowest BCUT2D eigenvalue weighted by molar-refractivity contribution is -0.173. The molecule has 2 saturated heterocycles. The van der Waals surface area contributed by atoms with Crippen molar-refractivity contribution in [2.24, 2.45) is 23.7 Å². The molecule has 9 nitrogen and oxygen atoms in total. The molecule has 6 atom stereocenters. The molecular formula is C35H29ClFN3O6. The van der Waals surface area contributed by atoms with E-state index in [1.807, 2.05) is 6.08 Å². The summed E-state index contributed by atoms with van der Waals surface area (Å²) >= 11 is 6.29. The van der Waals surface area contributed by atoms with Gasteiger partial charge in [-0.1, -0.05) is 59.7 Å². The lowest BCUT2D eigenvalue weighted by atomic mass is 9.49. The standard InChI is InChI=1S/C35H29ClFN3O6/c1-2-4-18-5-3-6-25(30(18)41)29-23-15-16-24-28(33(44)40(46)31(24)42)26(23)17-27-32(43)39(38-22-13-11-21(37)12-14-22)34(45)35(27,29)19-7-9-20(36)10-8-19/h2-3,5-15,24,26-29,38,41,46H,1,4,16-17H2. The Morgan fingerprint density at radius 2 is 1.70 bits per heavy atom. The minimum atomic E-state index is -1.63. The minimum absolute atomic E-state index is 0.0122. The highest BCUT2D eigenvalue weighted by Crippen LogP contribution is 2.65. The van der Waals surface area contributed by atoms with E-state index in [1.54, 1.807) is 48.5 Å². The highest BCUT2D eigenvalue weighted by atomic mass is 35.5. The number of nitrogens with one attached hydrogen (secondary N) is 1. The van der Waals surface area contributed by atoms with Crippen LogP contribution in [0.4, 0.5) is 10.1 Å².